The fourth-order valence-electron chi connectivity index (χ4n) is 4.77. The van der Waals surface area contributed by atoms with Crippen LogP contribution in [0.25, 0.3) is 0 Å². The summed E-state index contributed by atoms with van der Waals surface area (Å²) in [7, 11) is 0. The lowest BCUT2D eigenvalue weighted by Crippen LogP contribution is -2.57. The van der Waals surface area contributed by atoms with Crippen molar-refractivity contribution in [2.24, 2.45) is 23.7 Å². The van der Waals surface area contributed by atoms with Gasteiger partial charge in [0, 0.05) is 34.3 Å². The summed E-state index contributed by atoms with van der Waals surface area (Å²) < 4.78 is 10.1. The van der Waals surface area contributed by atoms with Crippen molar-refractivity contribution in [3.8, 4) is 12.1 Å². The highest BCUT2D eigenvalue weighted by Crippen LogP contribution is 2.58. The Hall–Kier alpha value is -3.60. The molecule has 4 atom stereocenters. The minimum atomic E-state index is -0.844. The van der Waals surface area contributed by atoms with Gasteiger partial charge in [-0.3, -0.25) is 9.59 Å². The van der Waals surface area contributed by atoms with E-state index in [1.54, 1.807) is 0 Å². The molecule has 4 rings (SSSR count). The van der Waals surface area contributed by atoms with Gasteiger partial charge in [0.25, 0.3) is 0 Å². The van der Waals surface area contributed by atoms with E-state index in [2.05, 4.69) is 31.9 Å². The van der Waals surface area contributed by atoms with Crippen LogP contribution in [0.1, 0.15) is 0 Å². The number of halogens is 2. The van der Waals surface area contributed by atoms with Gasteiger partial charge >= 0.3 is 11.9 Å². The number of fused-ring (bicyclic) bond motifs is 4. The van der Waals surface area contributed by atoms with E-state index < -0.39 is 35.6 Å². The minimum absolute atomic E-state index is 0.0461. The van der Waals surface area contributed by atoms with Crippen molar-refractivity contribution < 1.29 is 28.7 Å². The van der Waals surface area contributed by atoms with E-state index in [1.807, 2.05) is 48.5 Å². The predicted octanol–water partition coefficient (Wildman–Crippen LogP) is 3.95. The lowest BCUT2D eigenvalue weighted by Gasteiger charge is -2.54. The summed E-state index contributed by atoms with van der Waals surface area (Å²) >= 11 is 6.27. The molecule has 0 N–H and O–H groups in total. The van der Waals surface area contributed by atoms with E-state index in [4.69, 9.17) is 9.47 Å². The van der Waals surface area contributed by atoms with Crippen LogP contribution in [0.2, 0.25) is 0 Å². The largest absolute Gasteiger partial charge is 0.461 e. The van der Waals surface area contributed by atoms with Gasteiger partial charge in [-0.1, -0.05) is 80.4 Å². The number of hydrogen-bond donors (Lipinski definition) is 0. The number of esters is 2. The molecule has 1 aromatic carbocycles. The summed E-state index contributed by atoms with van der Waals surface area (Å²) in [5.41, 5.74) is -0.0379. The SMILES string of the molecule is N#C/C(C(=O)OCCBr)=C1/C=CC(=O)[C@H]2[C@@H]3C(=O)C=C/C(=C(\C#N)C(=O)OCCBr)[C@@H]3[C@@H]12.c1ccccc1. The Morgan fingerprint density at radius 3 is 1.29 bits per heavy atom. The first-order chi connectivity index (χ1) is 18.4. The Balaban J connectivity index is 0.000000585. The van der Waals surface area contributed by atoms with Gasteiger partial charge in [0.1, 0.15) is 36.5 Å². The number of rotatable bonds is 6. The summed E-state index contributed by atoms with van der Waals surface area (Å²) in [5.74, 6) is -5.34. The molecule has 10 heteroatoms. The number of nitrogens with zero attached hydrogens (tertiary/aromatic N) is 2. The number of benzene rings is 1. The highest BCUT2D eigenvalue weighted by molar-refractivity contribution is 9.09. The molecule has 0 heterocycles. The number of carbonyl (C=O) groups excluding carboxylic acids is 4. The van der Waals surface area contributed by atoms with Crippen molar-refractivity contribution in [2.75, 3.05) is 23.9 Å². The molecular formula is C28H22Br2N2O6. The number of carbonyl (C=O) groups is 4. The Morgan fingerprint density at radius 2 is 1.00 bits per heavy atom. The molecule has 0 saturated heterocycles. The zero-order valence-electron chi connectivity index (χ0n) is 20.0. The Labute approximate surface area is 236 Å². The molecule has 0 aliphatic heterocycles. The molecule has 0 bridgehead atoms. The van der Waals surface area contributed by atoms with Gasteiger partial charge in [0.2, 0.25) is 0 Å². The van der Waals surface area contributed by atoms with Crippen LogP contribution in [-0.4, -0.2) is 47.4 Å². The third-order valence-corrected chi connectivity index (χ3v) is 6.92. The van der Waals surface area contributed by atoms with Crippen molar-refractivity contribution in [3.63, 3.8) is 0 Å². The summed E-state index contributed by atoms with van der Waals surface area (Å²) in [6.07, 6.45) is 5.24. The van der Waals surface area contributed by atoms with E-state index in [9.17, 15) is 29.7 Å². The first-order valence-electron chi connectivity index (χ1n) is 11.6. The molecule has 0 radical (unpaired) electrons. The Bertz CT molecular complexity index is 1200. The first kappa shape index (κ1) is 29.0. The van der Waals surface area contributed by atoms with Crippen LogP contribution in [0.5, 0.6) is 0 Å². The fourth-order valence-corrected chi connectivity index (χ4v) is 5.09. The number of ketones is 2. The number of hydrogen-bond acceptors (Lipinski definition) is 8. The predicted molar refractivity (Wildman–Crippen MR) is 143 cm³/mol. The molecule has 0 aromatic heterocycles. The van der Waals surface area contributed by atoms with Crippen molar-refractivity contribution in [2.45, 2.75) is 0 Å². The molecule has 3 aliphatic carbocycles. The zero-order valence-corrected chi connectivity index (χ0v) is 23.2. The lowest BCUT2D eigenvalue weighted by atomic mass is 9.46. The number of allylic oxidation sites excluding steroid dienone is 6. The summed E-state index contributed by atoms with van der Waals surface area (Å²) in [4.78, 5) is 50.1. The normalized spacial score (nSPS) is 25.2. The van der Waals surface area contributed by atoms with Gasteiger partial charge in [-0.2, -0.15) is 10.5 Å². The molecule has 0 amide bonds. The maximum Gasteiger partial charge on any atom is 0.349 e. The maximum absolute atomic E-state index is 12.6. The summed E-state index contributed by atoms with van der Waals surface area (Å²) in [6, 6.07) is 15.7. The second-order valence-electron chi connectivity index (χ2n) is 8.26. The van der Waals surface area contributed by atoms with Gasteiger partial charge in [0.05, 0.1) is 0 Å². The van der Waals surface area contributed by atoms with Crippen molar-refractivity contribution in [1.29, 1.82) is 10.5 Å². The number of alkyl halides is 2. The van der Waals surface area contributed by atoms with E-state index in [0.717, 1.165) is 0 Å². The number of ether oxygens (including phenoxy) is 2. The van der Waals surface area contributed by atoms with Gasteiger partial charge in [-0.05, 0) is 23.3 Å². The minimum Gasteiger partial charge on any atom is -0.461 e. The second kappa shape index (κ2) is 13.8. The molecular weight excluding hydrogens is 620 g/mol. The molecule has 3 aliphatic rings. The topological polar surface area (TPSA) is 134 Å². The second-order valence-corrected chi connectivity index (χ2v) is 9.85. The highest BCUT2D eigenvalue weighted by Gasteiger charge is 2.61. The first-order valence-corrected chi connectivity index (χ1v) is 13.8. The van der Waals surface area contributed by atoms with Crippen molar-refractivity contribution in [1.82, 2.24) is 0 Å². The molecule has 0 unspecified atom stereocenters. The van der Waals surface area contributed by atoms with E-state index >= 15 is 0 Å². The van der Waals surface area contributed by atoms with Crippen LogP contribution in [0, 0.1) is 46.3 Å². The quantitative estimate of drug-likeness (QED) is 0.197. The fraction of sp³-hybridized carbons (Fsp3) is 0.286. The van der Waals surface area contributed by atoms with Gasteiger partial charge in [-0.25, -0.2) is 9.59 Å². The molecule has 1 aromatic rings. The summed E-state index contributed by atoms with van der Waals surface area (Å²) in [5, 5.41) is 20.0. The molecule has 38 heavy (non-hydrogen) atoms. The van der Waals surface area contributed by atoms with Crippen LogP contribution in [0.15, 0.2) is 83.0 Å². The molecule has 1 fully saturated rings. The monoisotopic (exact) mass is 640 g/mol. The molecule has 0 spiro atoms. The van der Waals surface area contributed by atoms with E-state index in [0.29, 0.717) is 10.7 Å². The maximum atomic E-state index is 12.6. The third-order valence-electron chi connectivity index (χ3n) is 6.27. The highest BCUT2D eigenvalue weighted by atomic mass is 79.9. The van der Waals surface area contributed by atoms with E-state index in [1.165, 1.54) is 24.3 Å². The van der Waals surface area contributed by atoms with Gasteiger partial charge < -0.3 is 9.47 Å². The lowest BCUT2D eigenvalue weighted by molar-refractivity contribution is -0.143. The zero-order chi connectivity index (χ0) is 27.7. The summed E-state index contributed by atoms with van der Waals surface area (Å²) in [6.45, 7) is 0.0922. The van der Waals surface area contributed by atoms with Crippen LogP contribution in [-0.2, 0) is 28.7 Å². The van der Waals surface area contributed by atoms with Gasteiger partial charge in [-0.15, -0.1) is 0 Å². The van der Waals surface area contributed by atoms with Crippen LogP contribution in [0.4, 0.5) is 0 Å². The standard InChI is InChI=1S/C22H16Br2N2O6.C6H6/c23-5-7-31-21(29)13(9-25)11-1-3-15(27)19-17(11)18-12(2-4-16(28)20(18)19)14(10-26)22(30)32-8-6-24;1-2-4-6-5-3-1/h1-4,17-20H,5-8H2;1-6H/b13-11-,14-12+;/t17-,18-,19-,20-;/m1./s1. The Kier molecular flexibility index (Phi) is 10.5. The van der Waals surface area contributed by atoms with Crippen molar-refractivity contribution in [3.05, 3.63) is 83.0 Å². The number of nitriles is 2. The molecule has 194 valence electrons. The van der Waals surface area contributed by atoms with Crippen molar-refractivity contribution >= 4 is 55.4 Å². The average Bonchev–Trinajstić information content (AvgIpc) is 2.92. The van der Waals surface area contributed by atoms with Crippen LogP contribution in [0.3, 0.4) is 0 Å². The average molecular weight is 642 g/mol. The van der Waals surface area contributed by atoms with Crippen LogP contribution < -0.4 is 0 Å². The molecule has 1 saturated carbocycles. The van der Waals surface area contributed by atoms with E-state index in [-0.39, 0.29) is 47.1 Å². The van der Waals surface area contributed by atoms with Gasteiger partial charge in [0.15, 0.2) is 11.6 Å². The third kappa shape index (κ3) is 6.09. The Morgan fingerprint density at radius 1 is 0.658 bits per heavy atom. The van der Waals surface area contributed by atoms with Crippen LogP contribution >= 0.6 is 31.9 Å². The molecule has 8 nitrogen and oxygen atoms in total. The smallest absolute Gasteiger partial charge is 0.349 e.